The van der Waals surface area contributed by atoms with E-state index in [0.717, 1.165) is 10.9 Å². The third-order valence-electron chi connectivity index (χ3n) is 16.7. The number of carbonyl (C=O) groups is 10. The number of benzene rings is 3. The highest BCUT2D eigenvalue weighted by Gasteiger charge is 2.36. The molecule has 3 heterocycles. The molecule has 0 fully saturated rings. The van der Waals surface area contributed by atoms with Crippen molar-refractivity contribution in [2.45, 2.75) is 152 Å². The first kappa shape index (κ1) is 79.0. The molecule has 0 saturated heterocycles. The van der Waals surface area contributed by atoms with Crippen LogP contribution in [0.5, 0.6) is 0 Å². The molecule has 0 aliphatic carbocycles. The number of aromatic nitrogens is 3. The Kier molecular flexibility index (Phi) is 30.2. The lowest BCUT2D eigenvalue weighted by atomic mass is 10.0. The normalized spacial score (nSPS) is 14.0. The number of fused-ring (bicyclic) bond motifs is 3. The van der Waals surface area contributed by atoms with Crippen molar-refractivity contribution in [1.29, 1.82) is 21.6 Å². The Bertz CT molecular complexity index is 3960. The van der Waals surface area contributed by atoms with E-state index in [1.54, 1.807) is 73.2 Å². The number of aromatic amines is 3. The number of amides is 10. The molecular formula is C66H96N26O10. The fourth-order valence-electron chi connectivity index (χ4n) is 11.1. The van der Waals surface area contributed by atoms with E-state index >= 15 is 14.4 Å². The molecule has 36 nitrogen and oxygen atoms in total. The summed E-state index contributed by atoms with van der Waals surface area (Å²) in [6, 6.07) is 8.10. The van der Waals surface area contributed by atoms with Gasteiger partial charge in [0, 0.05) is 96.7 Å². The van der Waals surface area contributed by atoms with Crippen LogP contribution in [0.25, 0.3) is 32.7 Å². The number of H-pyrrole nitrogens is 3. The van der Waals surface area contributed by atoms with Crippen LogP contribution < -0.4 is 104 Å². The van der Waals surface area contributed by atoms with E-state index in [-0.39, 0.29) is 114 Å². The molecule has 0 aliphatic heterocycles. The SMILES string of the molecule is C[C@H](NC(=O)[C@H](CCCNC(=N)N)NC(=O)[C@H](C)NC(=O)[C@H](Cc1c[nH]c2ccccc12)NC(=O)[C@H](Cc1c[nH]c2ccccc12)NC(=O)[C@H](CCCNC(=N)N)NC(=O)[C@H](CCCNC(=N)N)NC(=O)[C@H](Cc1c[nH]c2ccccc12)NC(=O)[C@H](C)NC(=O)[C@@H](N)CCCNC(=N)N)C(N)=O. The number of nitrogens with two attached hydrogens (primary N) is 6. The van der Waals surface area contributed by atoms with Crippen molar-refractivity contribution in [2.24, 2.45) is 34.4 Å². The van der Waals surface area contributed by atoms with Gasteiger partial charge >= 0.3 is 0 Å². The number of guanidine groups is 4. The standard InChI is InChI=1S/C66H96N26O10/c1-34(53(68)93)84-57(97)47(21-11-25-78-64(71)72)87-54(94)36(3)86-60(100)50(28-37-31-81-44-18-7-4-14-40(37)44)92-62(102)52(30-39-33-83-46-20-9-6-16-42(39)46)91-59(99)49(23-13-27-80-66(75)76)88-58(98)48(22-12-26-79-65(73)74)89-61(101)51(29-38-32-82-45-19-8-5-15-41(38)45)90-55(95)35(2)85-56(96)43(67)17-10-24-77-63(69)70/h4-9,14-16,18-20,31-36,43,47-52,81-83H,10-13,17,21-30,67H2,1-3H3,(H2,68,93)(H,84,97)(H,85,96)(H,86,100)(H,87,94)(H,88,98)(H,89,101)(H,90,95)(H,91,99)(H,92,102)(H4,69,70,77)(H4,71,72,78)(H4,73,74,79)(H4,75,76,80)/t34-,35-,36-,43-,47-,48-,49-,50-,51-,52-/m0/s1. The molecule has 32 N–H and O–H groups in total. The number of primary amides is 1. The summed E-state index contributed by atoms with van der Waals surface area (Å²) >= 11 is 0. The Morgan fingerprint density at radius 2 is 0.598 bits per heavy atom. The van der Waals surface area contributed by atoms with Gasteiger partial charge in [0.15, 0.2) is 23.8 Å². The van der Waals surface area contributed by atoms with Crippen LogP contribution in [-0.4, -0.2) is 184 Å². The quantitative estimate of drug-likeness (QED) is 0.0100. The molecule has 36 heteroatoms. The van der Waals surface area contributed by atoms with E-state index in [2.05, 4.69) is 84.1 Å². The maximum atomic E-state index is 15.3. The van der Waals surface area contributed by atoms with Crippen LogP contribution in [0.4, 0.5) is 0 Å². The van der Waals surface area contributed by atoms with Crippen molar-refractivity contribution in [3.8, 4) is 0 Å². The van der Waals surface area contributed by atoms with E-state index in [0.29, 0.717) is 44.9 Å². The molecule has 6 rings (SSSR count). The maximum Gasteiger partial charge on any atom is 0.243 e. The fourth-order valence-corrected chi connectivity index (χ4v) is 11.1. The van der Waals surface area contributed by atoms with Crippen LogP contribution in [0.1, 0.15) is 88.8 Å². The molecule has 0 aliphatic rings. The minimum Gasteiger partial charge on any atom is -0.370 e. The molecule has 6 aromatic rings. The van der Waals surface area contributed by atoms with E-state index < -0.39 is 119 Å². The van der Waals surface area contributed by atoms with Gasteiger partial charge in [0.2, 0.25) is 59.1 Å². The van der Waals surface area contributed by atoms with E-state index in [1.807, 2.05) is 18.2 Å². The van der Waals surface area contributed by atoms with Gasteiger partial charge in [0.25, 0.3) is 0 Å². The predicted octanol–water partition coefficient (Wildman–Crippen LogP) is -3.55. The molecule has 3 aromatic heterocycles. The molecular weight excluding hydrogens is 1320 g/mol. The van der Waals surface area contributed by atoms with Crippen molar-refractivity contribution < 1.29 is 47.9 Å². The van der Waals surface area contributed by atoms with Crippen molar-refractivity contribution in [3.63, 3.8) is 0 Å². The van der Waals surface area contributed by atoms with Gasteiger partial charge in [-0.3, -0.25) is 69.6 Å². The van der Waals surface area contributed by atoms with Gasteiger partial charge in [-0.25, -0.2) is 0 Å². The summed E-state index contributed by atoms with van der Waals surface area (Å²) in [4.78, 5) is 151. The molecule has 102 heavy (non-hydrogen) atoms. The van der Waals surface area contributed by atoms with Gasteiger partial charge < -0.3 is 118 Å². The Morgan fingerprint density at radius 3 is 0.931 bits per heavy atom. The third kappa shape index (κ3) is 24.8. The number of hydrogen-bond acceptors (Lipinski definition) is 15. The molecule has 10 amide bonds. The molecule has 0 saturated carbocycles. The zero-order valence-electron chi connectivity index (χ0n) is 57.1. The highest BCUT2D eigenvalue weighted by Crippen LogP contribution is 2.23. The summed E-state index contributed by atoms with van der Waals surface area (Å²) in [5.41, 5.74) is 37.4. The highest BCUT2D eigenvalue weighted by molar-refractivity contribution is 6.00. The minimum atomic E-state index is -1.54. The lowest BCUT2D eigenvalue weighted by molar-refractivity contribution is -0.136. The van der Waals surface area contributed by atoms with Gasteiger partial charge in [-0.1, -0.05) is 54.6 Å². The van der Waals surface area contributed by atoms with Crippen molar-refractivity contribution in [3.05, 3.63) is 108 Å². The van der Waals surface area contributed by atoms with Gasteiger partial charge in [-0.15, -0.1) is 0 Å². The first-order chi connectivity index (χ1) is 48.6. The number of rotatable bonds is 41. The topological polar surface area (TPSA) is 626 Å². The molecule has 0 radical (unpaired) electrons. The first-order valence-electron chi connectivity index (χ1n) is 33.3. The molecule has 550 valence electrons. The maximum absolute atomic E-state index is 15.3. The average Bonchev–Trinajstić information content (AvgIpc) is 1.65. The summed E-state index contributed by atoms with van der Waals surface area (Å²) < 4.78 is 0. The van der Waals surface area contributed by atoms with Gasteiger partial charge in [-0.2, -0.15) is 0 Å². The van der Waals surface area contributed by atoms with Crippen molar-refractivity contribution >= 4 is 116 Å². The molecule has 3 aromatic carbocycles. The largest absolute Gasteiger partial charge is 0.370 e. The number of hydrogen-bond donors (Lipinski definition) is 26. The van der Waals surface area contributed by atoms with Crippen LogP contribution in [0, 0.1) is 21.6 Å². The second-order valence-corrected chi connectivity index (χ2v) is 24.7. The van der Waals surface area contributed by atoms with E-state index in [4.69, 9.17) is 56.0 Å². The summed E-state index contributed by atoms with van der Waals surface area (Å²) in [5, 5.41) is 67.3. The summed E-state index contributed by atoms with van der Waals surface area (Å²) in [7, 11) is 0. The Hall–Kier alpha value is -12.0. The monoisotopic (exact) mass is 1410 g/mol. The van der Waals surface area contributed by atoms with E-state index in [1.165, 1.54) is 20.8 Å². The molecule has 0 bridgehead atoms. The number of carbonyl (C=O) groups excluding carboxylic acids is 10. The lowest BCUT2D eigenvalue weighted by Gasteiger charge is -2.28. The minimum absolute atomic E-state index is 0.00899. The molecule has 0 unspecified atom stereocenters. The predicted molar refractivity (Wildman–Crippen MR) is 384 cm³/mol. The van der Waals surface area contributed by atoms with Crippen LogP contribution in [0.15, 0.2) is 91.4 Å². The Labute approximate surface area is 587 Å². The number of para-hydroxylation sites is 3. The fraction of sp³-hybridized carbons (Fsp3) is 0.424. The van der Waals surface area contributed by atoms with Gasteiger partial charge in [-0.05, 0) is 107 Å². The van der Waals surface area contributed by atoms with Crippen LogP contribution >= 0.6 is 0 Å². The van der Waals surface area contributed by atoms with Crippen molar-refractivity contribution in [1.82, 2.24) is 84.1 Å². The second-order valence-electron chi connectivity index (χ2n) is 24.7. The van der Waals surface area contributed by atoms with Crippen molar-refractivity contribution in [2.75, 3.05) is 26.2 Å². The third-order valence-corrected chi connectivity index (χ3v) is 16.7. The van der Waals surface area contributed by atoms with E-state index in [9.17, 15) is 33.6 Å². The number of nitrogens with one attached hydrogen (secondary N) is 20. The Balaban J connectivity index is 1.31. The Morgan fingerprint density at radius 1 is 0.343 bits per heavy atom. The average molecular weight is 1410 g/mol. The second kappa shape index (κ2) is 39.0. The van der Waals surface area contributed by atoms with Gasteiger partial charge in [0.05, 0.1) is 6.04 Å². The zero-order chi connectivity index (χ0) is 74.6. The van der Waals surface area contributed by atoms with Crippen LogP contribution in [0.3, 0.4) is 0 Å². The highest BCUT2D eigenvalue weighted by atomic mass is 16.2. The van der Waals surface area contributed by atoms with Crippen LogP contribution in [-0.2, 0) is 67.2 Å². The molecule has 0 spiro atoms. The van der Waals surface area contributed by atoms with Crippen LogP contribution in [0.2, 0.25) is 0 Å². The van der Waals surface area contributed by atoms with Gasteiger partial charge in [0.1, 0.15) is 54.4 Å². The smallest absolute Gasteiger partial charge is 0.243 e. The summed E-state index contributed by atoms with van der Waals surface area (Å²) in [6.45, 7) is 4.61. The summed E-state index contributed by atoms with van der Waals surface area (Å²) in [6.07, 6.45) is 5.07. The zero-order valence-corrected chi connectivity index (χ0v) is 57.1. The lowest BCUT2D eigenvalue weighted by Crippen LogP contribution is -2.61. The molecule has 10 atom stereocenters. The summed E-state index contributed by atoms with van der Waals surface area (Å²) in [5.74, 6) is -9.67. The first-order valence-corrected chi connectivity index (χ1v) is 33.3.